The molecule has 1 aliphatic heterocycles. The van der Waals surface area contributed by atoms with Gasteiger partial charge in [-0.3, -0.25) is 0 Å². The molecular weight excluding hydrogens is 460 g/mol. The number of nitrogens with one attached hydrogen (secondary N) is 1. The summed E-state index contributed by atoms with van der Waals surface area (Å²) in [6.07, 6.45) is -0.905. The molecule has 1 amide bonds. The molecule has 0 aliphatic carbocycles. The molecular formula is C18H13BrClF2N3O3. The summed E-state index contributed by atoms with van der Waals surface area (Å²) in [7, 11) is 0. The zero-order valence-electron chi connectivity index (χ0n) is 14.1. The molecule has 0 unspecified atom stereocenters. The number of hydrogen-bond donors (Lipinski definition) is 2. The number of halogens is 4. The Labute approximate surface area is 171 Å². The standard InChI is InChI=1S/C18H13BrClF2N3O3/c19-9-2-1-3-14(28-17(21)22)15(9)13-7-11(24-18(26)27)16-23-10-5-4-8(20)6-12(10)25(13)16/h1-6,11,13,17,24H,7H2,(H,26,27)/t11-,13-/m1/s1. The van der Waals surface area contributed by atoms with E-state index in [1.54, 1.807) is 30.3 Å². The first-order chi connectivity index (χ1) is 13.3. The van der Waals surface area contributed by atoms with E-state index in [0.717, 1.165) is 0 Å². The second kappa shape index (κ2) is 7.21. The molecule has 0 saturated heterocycles. The quantitative estimate of drug-likeness (QED) is 0.536. The summed E-state index contributed by atoms with van der Waals surface area (Å²) in [5.74, 6) is 0.503. The summed E-state index contributed by atoms with van der Waals surface area (Å²) in [5, 5.41) is 12.1. The minimum absolute atomic E-state index is 0.0141. The van der Waals surface area contributed by atoms with Crippen molar-refractivity contribution in [3.63, 3.8) is 0 Å². The number of rotatable bonds is 4. The van der Waals surface area contributed by atoms with Crippen LogP contribution in [0, 0.1) is 0 Å². The smallest absolute Gasteiger partial charge is 0.405 e. The van der Waals surface area contributed by atoms with E-state index in [4.69, 9.17) is 16.3 Å². The van der Waals surface area contributed by atoms with Crippen molar-refractivity contribution in [2.75, 3.05) is 0 Å². The largest absolute Gasteiger partial charge is 0.465 e. The minimum atomic E-state index is -2.99. The number of hydrogen-bond acceptors (Lipinski definition) is 3. The monoisotopic (exact) mass is 471 g/mol. The Balaban J connectivity index is 1.92. The summed E-state index contributed by atoms with van der Waals surface area (Å²) in [6.45, 7) is -2.99. The fourth-order valence-electron chi connectivity index (χ4n) is 3.65. The summed E-state index contributed by atoms with van der Waals surface area (Å²) in [5.41, 5.74) is 1.80. The van der Waals surface area contributed by atoms with Crippen molar-refractivity contribution in [1.82, 2.24) is 14.9 Å². The summed E-state index contributed by atoms with van der Waals surface area (Å²) >= 11 is 9.55. The SMILES string of the molecule is O=C(O)N[C@@H]1C[C@H](c2c(Br)cccc2OC(F)F)n2c1nc1ccc(Cl)cc12. The number of amides is 1. The fourth-order valence-corrected chi connectivity index (χ4v) is 4.43. The first-order valence-corrected chi connectivity index (χ1v) is 9.42. The maximum absolute atomic E-state index is 12.9. The van der Waals surface area contributed by atoms with E-state index in [2.05, 4.69) is 26.2 Å². The number of fused-ring (bicyclic) bond motifs is 3. The number of ether oxygens (including phenoxy) is 1. The van der Waals surface area contributed by atoms with Gasteiger partial charge in [-0.05, 0) is 30.3 Å². The van der Waals surface area contributed by atoms with E-state index in [-0.39, 0.29) is 5.75 Å². The Bertz CT molecular complexity index is 1080. The Morgan fingerprint density at radius 2 is 2.18 bits per heavy atom. The second-order valence-corrected chi connectivity index (χ2v) is 7.55. The van der Waals surface area contributed by atoms with E-state index in [0.29, 0.717) is 38.3 Å². The Morgan fingerprint density at radius 1 is 1.39 bits per heavy atom. The van der Waals surface area contributed by atoms with Gasteiger partial charge in [-0.25, -0.2) is 9.78 Å². The predicted octanol–water partition coefficient (Wildman–Crippen LogP) is 5.36. The molecule has 2 atom stereocenters. The van der Waals surface area contributed by atoms with Gasteiger partial charge in [-0.2, -0.15) is 8.78 Å². The number of imidazole rings is 1. The van der Waals surface area contributed by atoms with Gasteiger partial charge in [0.1, 0.15) is 11.6 Å². The highest BCUT2D eigenvalue weighted by atomic mass is 79.9. The number of carbonyl (C=O) groups is 1. The van der Waals surface area contributed by atoms with Crippen molar-refractivity contribution >= 4 is 44.7 Å². The van der Waals surface area contributed by atoms with Crippen LogP contribution in [0.4, 0.5) is 13.6 Å². The van der Waals surface area contributed by atoms with Crippen LogP contribution in [-0.2, 0) is 0 Å². The zero-order chi connectivity index (χ0) is 20.0. The summed E-state index contributed by atoms with van der Waals surface area (Å²) < 4.78 is 33.0. The number of benzene rings is 2. The molecule has 0 saturated carbocycles. The molecule has 4 rings (SSSR count). The lowest BCUT2D eigenvalue weighted by Gasteiger charge is -2.20. The first-order valence-electron chi connectivity index (χ1n) is 8.25. The fraction of sp³-hybridized carbons (Fsp3) is 0.222. The number of aromatic nitrogens is 2. The van der Waals surface area contributed by atoms with Crippen molar-refractivity contribution < 1.29 is 23.4 Å². The summed E-state index contributed by atoms with van der Waals surface area (Å²) in [6, 6.07) is 8.80. The van der Waals surface area contributed by atoms with Crippen molar-refractivity contribution in [1.29, 1.82) is 0 Å². The molecule has 1 aliphatic rings. The molecule has 2 N–H and O–H groups in total. The number of nitrogens with zero attached hydrogens (tertiary/aromatic N) is 2. The summed E-state index contributed by atoms with van der Waals surface area (Å²) in [4.78, 5) is 15.8. The van der Waals surface area contributed by atoms with Crippen LogP contribution in [0.2, 0.25) is 5.02 Å². The van der Waals surface area contributed by atoms with E-state index in [9.17, 15) is 18.7 Å². The predicted molar refractivity (Wildman–Crippen MR) is 102 cm³/mol. The van der Waals surface area contributed by atoms with Crippen LogP contribution in [-0.4, -0.2) is 27.4 Å². The normalized spacial score (nSPS) is 18.5. The van der Waals surface area contributed by atoms with Crippen molar-refractivity contribution in [2.45, 2.75) is 25.1 Å². The molecule has 0 radical (unpaired) electrons. The molecule has 1 aromatic heterocycles. The molecule has 3 aromatic rings. The third-order valence-electron chi connectivity index (χ3n) is 4.62. The van der Waals surface area contributed by atoms with Crippen LogP contribution in [0.25, 0.3) is 11.0 Å². The van der Waals surface area contributed by atoms with Gasteiger partial charge in [-0.1, -0.05) is 33.6 Å². The molecule has 0 bridgehead atoms. The van der Waals surface area contributed by atoms with Crippen LogP contribution in [0.15, 0.2) is 40.9 Å². The highest BCUT2D eigenvalue weighted by molar-refractivity contribution is 9.10. The number of alkyl halides is 2. The third kappa shape index (κ3) is 3.29. The van der Waals surface area contributed by atoms with Gasteiger partial charge in [0.2, 0.25) is 0 Å². The number of carboxylic acid groups (broad SMARTS) is 1. The Kier molecular flexibility index (Phi) is 4.88. The maximum atomic E-state index is 12.9. The molecule has 0 spiro atoms. The van der Waals surface area contributed by atoms with Gasteiger partial charge in [0, 0.05) is 21.5 Å². The lowest BCUT2D eigenvalue weighted by atomic mass is 10.0. The van der Waals surface area contributed by atoms with Crippen LogP contribution in [0.1, 0.15) is 29.9 Å². The first kappa shape index (κ1) is 18.9. The van der Waals surface area contributed by atoms with Gasteiger partial charge in [0.15, 0.2) is 0 Å². The maximum Gasteiger partial charge on any atom is 0.405 e. The highest BCUT2D eigenvalue weighted by Crippen LogP contribution is 2.46. The molecule has 0 fully saturated rings. The minimum Gasteiger partial charge on any atom is -0.465 e. The van der Waals surface area contributed by atoms with Crippen molar-refractivity contribution in [2.24, 2.45) is 0 Å². The molecule has 2 heterocycles. The van der Waals surface area contributed by atoms with Gasteiger partial charge in [-0.15, -0.1) is 0 Å². The lowest BCUT2D eigenvalue weighted by molar-refractivity contribution is -0.0507. The molecule has 6 nitrogen and oxygen atoms in total. The van der Waals surface area contributed by atoms with Crippen LogP contribution in [0.3, 0.4) is 0 Å². The van der Waals surface area contributed by atoms with Crippen LogP contribution >= 0.6 is 27.5 Å². The van der Waals surface area contributed by atoms with E-state index in [1.807, 2.05) is 4.57 Å². The topological polar surface area (TPSA) is 76.4 Å². The molecule has 2 aromatic carbocycles. The second-order valence-electron chi connectivity index (χ2n) is 6.26. The molecule has 146 valence electrons. The van der Waals surface area contributed by atoms with Gasteiger partial charge in [0.05, 0.1) is 23.1 Å². The van der Waals surface area contributed by atoms with Gasteiger partial charge < -0.3 is 19.7 Å². The average molecular weight is 473 g/mol. The van der Waals surface area contributed by atoms with Crippen LogP contribution in [0.5, 0.6) is 5.75 Å². The van der Waals surface area contributed by atoms with Gasteiger partial charge in [0.25, 0.3) is 0 Å². The van der Waals surface area contributed by atoms with Gasteiger partial charge >= 0.3 is 12.7 Å². The Hall–Kier alpha value is -2.39. The molecule has 28 heavy (non-hydrogen) atoms. The zero-order valence-corrected chi connectivity index (χ0v) is 16.4. The van der Waals surface area contributed by atoms with Crippen molar-refractivity contribution in [3.8, 4) is 5.75 Å². The molecule has 10 heteroatoms. The average Bonchev–Trinajstić information content (AvgIpc) is 3.12. The Morgan fingerprint density at radius 3 is 2.89 bits per heavy atom. The third-order valence-corrected chi connectivity index (χ3v) is 5.55. The highest BCUT2D eigenvalue weighted by Gasteiger charge is 2.38. The van der Waals surface area contributed by atoms with Crippen LogP contribution < -0.4 is 10.1 Å². The van der Waals surface area contributed by atoms with E-state index >= 15 is 0 Å². The lowest BCUT2D eigenvalue weighted by Crippen LogP contribution is -2.25. The van der Waals surface area contributed by atoms with E-state index in [1.165, 1.54) is 6.07 Å². The van der Waals surface area contributed by atoms with E-state index < -0.39 is 24.8 Å². The van der Waals surface area contributed by atoms with Crippen molar-refractivity contribution in [3.05, 3.63) is 57.3 Å².